The van der Waals surface area contributed by atoms with Crippen LogP contribution in [-0.2, 0) is 0 Å². The van der Waals surface area contributed by atoms with E-state index in [0.29, 0.717) is 17.9 Å². The fraction of sp³-hybridized carbons (Fsp3) is 0.211. The second kappa shape index (κ2) is 6.47. The van der Waals surface area contributed by atoms with E-state index in [-0.39, 0.29) is 17.8 Å². The third-order valence-electron chi connectivity index (χ3n) is 4.53. The van der Waals surface area contributed by atoms with Crippen LogP contribution in [0.15, 0.2) is 61.3 Å². The third-order valence-corrected chi connectivity index (χ3v) is 4.53. The molecule has 2 aromatic heterocycles. The molecule has 0 aliphatic carbocycles. The van der Waals surface area contributed by atoms with Crippen molar-refractivity contribution in [1.82, 2.24) is 19.4 Å². The minimum atomic E-state index is -0.265. The van der Waals surface area contributed by atoms with E-state index >= 15 is 0 Å². The number of halogens is 1. The molecule has 1 aliphatic rings. The molecule has 0 N–H and O–H groups in total. The number of imidazole rings is 1. The number of benzene rings is 1. The van der Waals surface area contributed by atoms with E-state index in [1.807, 2.05) is 4.90 Å². The summed E-state index contributed by atoms with van der Waals surface area (Å²) in [4.78, 5) is 23.1. The highest BCUT2D eigenvalue weighted by atomic mass is 19.1. The predicted octanol–water partition coefficient (Wildman–Crippen LogP) is 3.38. The van der Waals surface area contributed by atoms with Crippen LogP contribution in [0.4, 0.5) is 4.39 Å². The SMILES string of the molecule is O=C(c1ccc(-n2ccnc2)nc1)N1CCC[C@@H]1c1ccc(F)cc1. The lowest BCUT2D eigenvalue weighted by molar-refractivity contribution is 0.0735. The van der Waals surface area contributed by atoms with Crippen molar-refractivity contribution < 1.29 is 9.18 Å². The minimum Gasteiger partial charge on any atom is -0.332 e. The molecule has 0 bridgehead atoms. The van der Waals surface area contributed by atoms with Gasteiger partial charge in [-0.1, -0.05) is 12.1 Å². The van der Waals surface area contributed by atoms with E-state index in [4.69, 9.17) is 0 Å². The van der Waals surface area contributed by atoms with Crippen LogP contribution in [0, 0.1) is 5.82 Å². The molecule has 0 saturated carbocycles. The first kappa shape index (κ1) is 15.5. The van der Waals surface area contributed by atoms with Crippen LogP contribution in [0.2, 0.25) is 0 Å². The van der Waals surface area contributed by atoms with Crippen molar-refractivity contribution >= 4 is 5.91 Å². The number of likely N-dealkylation sites (tertiary alicyclic amines) is 1. The topological polar surface area (TPSA) is 51.0 Å². The van der Waals surface area contributed by atoms with Crippen molar-refractivity contribution in [2.75, 3.05) is 6.54 Å². The number of hydrogen-bond donors (Lipinski definition) is 0. The van der Waals surface area contributed by atoms with E-state index in [1.54, 1.807) is 53.8 Å². The number of rotatable bonds is 3. The minimum absolute atomic E-state index is 0.0126. The summed E-state index contributed by atoms with van der Waals surface area (Å²) in [6, 6.07) is 9.97. The van der Waals surface area contributed by atoms with Crippen molar-refractivity contribution in [3.05, 3.63) is 78.3 Å². The number of carbonyl (C=O) groups excluding carboxylic acids is 1. The Bertz CT molecular complexity index is 859. The second-order valence-corrected chi connectivity index (χ2v) is 6.08. The largest absolute Gasteiger partial charge is 0.332 e. The molecule has 0 unspecified atom stereocenters. The van der Waals surface area contributed by atoms with Crippen molar-refractivity contribution in [2.45, 2.75) is 18.9 Å². The molecule has 3 heterocycles. The normalized spacial score (nSPS) is 17.0. The van der Waals surface area contributed by atoms with Gasteiger partial charge >= 0.3 is 0 Å². The van der Waals surface area contributed by atoms with Crippen molar-refractivity contribution in [1.29, 1.82) is 0 Å². The molecule has 1 saturated heterocycles. The monoisotopic (exact) mass is 336 g/mol. The van der Waals surface area contributed by atoms with Crippen LogP contribution < -0.4 is 0 Å². The Morgan fingerprint density at radius 2 is 2.00 bits per heavy atom. The molecule has 0 radical (unpaired) electrons. The van der Waals surface area contributed by atoms with Crippen molar-refractivity contribution in [3.8, 4) is 5.82 Å². The van der Waals surface area contributed by atoms with Gasteiger partial charge in [0, 0.05) is 25.1 Å². The number of carbonyl (C=O) groups is 1. The van der Waals surface area contributed by atoms with Gasteiger partial charge in [-0.3, -0.25) is 9.36 Å². The van der Waals surface area contributed by atoms with E-state index in [2.05, 4.69) is 9.97 Å². The molecule has 25 heavy (non-hydrogen) atoms. The Labute approximate surface area is 144 Å². The molecule has 3 aromatic rings. The first-order valence-corrected chi connectivity index (χ1v) is 8.23. The number of amides is 1. The Morgan fingerprint density at radius 1 is 1.16 bits per heavy atom. The lowest BCUT2D eigenvalue weighted by Crippen LogP contribution is -2.30. The molecule has 1 amide bonds. The third kappa shape index (κ3) is 3.03. The maximum atomic E-state index is 13.2. The van der Waals surface area contributed by atoms with Gasteiger partial charge in [0.2, 0.25) is 0 Å². The van der Waals surface area contributed by atoms with Gasteiger partial charge < -0.3 is 4.90 Å². The first-order chi connectivity index (χ1) is 12.2. The molecule has 0 spiro atoms. The number of pyridine rings is 1. The van der Waals surface area contributed by atoms with Gasteiger partial charge in [-0.05, 0) is 42.7 Å². The van der Waals surface area contributed by atoms with Crippen LogP contribution in [0.25, 0.3) is 5.82 Å². The van der Waals surface area contributed by atoms with Crippen molar-refractivity contribution in [3.63, 3.8) is 0 Å². The van der Waals surface area contributed by atoms with Gasteiger partial charge in [0.25, 0.3) is 5.91 Å². The van der Waals surface area contributed by atoms with Gasteiger partial charge in [-0.15, -0.1) is 0 Å². The Hall–Kier alpha value is -3.02. The highest BCUT2D eigenvalue weighted by molar-refractivity contribution is 5.94. The fourth-order valence-corrected chi connectivity index (χ4v) is 3.27. The second-order valence-electron chi connectivity index (χ2n) is 6.08. The maximum absolute atomic E-state index is 13.2. The Kier molecular flexibility index (Phi) is 4.01. The summed E-state index contributed by atoms with van der Waals surface area (Å²) in [6.45, 7) is 0.699. The van der Waals surface area contributed by atoms with Gasteiger partial charge in [0.05, 0.1) is 11.6 Å². The van der Waals surface area contributed by atoms with Crippen LogP contribution in [0.1, 0.15) is 34.8 Å². The molecule has 1 aromatic carbocycles. The molecule has 1 aliphatic heterocycles. The van der Waals surface area contributed by atoms with Crippen LogP contribution >= 0.6 is 0 Å². The maximum Gasteiger partial charge on any atom is 0.255 e. The van der Waals surface area contributed by atoms with Gasteiger partial charge in [0.1, 0.15) is 18.0 Å². The summed E-state index contributed by atoms with van der Waals surface area (Å²) < 4.78 is 14.9. The van der Waals surface area contributed by atoms with E-state index < -0.39 is 0 Å². The van der Waals surface area contributed by atoms with Gasteiger partial charge in [-0.2, -0.15) is 0 Å². The highest BCUT2D eigenvalue weighted by Crippen LogP contribution is 2.33. The molecule has 1 fully saturated rings. The lowest BCUT2D eigenvalue weighted by Gasteiger charge is -2.25. The van der Waals surface area contributed by atoms with Crippen LogP contribution in [0.3, 0.4) is 0 Å². The molecule has 126 valence electrons. The number of hydrogen-bond acceptors (Lipinski definition) is 3. The van der Waals surface area contributed by atoms with E-state index in [0.717, 1.165) is 18.4 Å². The molecule has 6 heteroatoms. The van der Waals surface area contributed by atoms with Crippen LogP contribution in [0.5, 0.6) is 0 Å². The Balaban J connectivity index is 1.56. The zero-order chi connectivity index (χ0) is 17.2. The smallest absolute Gasteiger partial charge is 0.255 e. The summed E-state index contributed by atoms with van der Waals surface area (Å²) in [5, 5.41) is 0. The molecule has 1 atom stereocenters. The number of aromatic nitrogens is 3. The standard InChI is InChI=1S/C19H17FN4O/c20-16-6-3-14(4-7-16)17-2-1-10-24(17)19(25)15-5-8-18(22-12-15)23-11-9-21-13-23/h3-9,11-13,17H,1-2,10H2/t17-/m1/s1. The molecule has 4 rings (SSSR count). The summed E-state index contributed by atoms with van der Waals surface area (Å²) in [5.74, 6) is 0.404. The highest BCUT2D eigenvalue weighted by Gasteiger charge is 2.30. The Morgan fingerprint density at radius 3 is 2.68 bits per heavy atom. The average Bonchev–Trinajstić information content (AvgIpc) is 3.34. The quantitative estimate of drug-likeness (QED) is 0.737. The zero-order valence-electron chi connectivity index (χ0n) is 13.5. The van der Waals surface area contributed by atoms with Gasteiger partial charge in [-0.25, -0.2) is 14.4 Å². The first-order valence-electron chi connectivity index (χ1n) is 8.23. The number of nitrogens with zero attached hydrogens (tertiary/aromatic N) is 4. The van der Waals surface area contributed by atoms with Crippen LogP contribution in [-0.4, -0.2) is 31.9 Å². The molecular weight excluding hydrogens is 319 g/mol. The summed E-state index contributed by atoms with van der Waals surface area (Å²) in [5.41, 5.74) is 1.52. The summed E-state index contributed by atoms with van der Waals surface area (Å²) in [7, 11) is 0. The van der Waals surface area contributed by atoms with E-state index in [9.17, 15) is 9.18 Å². The molecule has 5 nitrogen and oxygen atoms in total. The predicted molar refractivity (Wildman–Crippen MR) is 90.8 cm³/mol. The summed E-state index contributed by atoms with van der Waals surface area (Å²) >= 11 is 0. The fourth-order valence-electron chi connectivity index (χ4n) is 3.27. The average molecular weight is 336 g/mol. The molecular formula is C19H17FN4O. The summed E-state index contributed by atoms with van der Waals surface area (Å²) in [6.07, 6.45) is 8.56. The van der Waals surface area contributed by atoms with Gasteiger partial charge in [0.15, 0.2) is 0 Å². The lowest BCUT2D eigenvalue weighted by atomic mass is 10.0. The van der Waals surface area contributed by atoms with E-state index in [1.165, 1.54) is 12.1 Å². The van der Waals surface area contributed by atoms with Crippen molar-refractivity contribution in [2.24, 2.45) is 0 Å². The zero-order valence-corrected chi connectivity index (χ0v) is 13.5.